The average molecular weight is 255 g/mol. The van der Waals surface area contributed by atoms with Crippen LogP contribution in [0.15, 0.2) is 49.3 Å². The molecular weight excluding hydrogens is 242 g/mol. The van der Waals surface area contributed by atoms with Crippen LogP contribution in [-0.2, 0) is 11.3 Å². The Balaban J connectivity index is 1.85. The maximum absolute atomic E-state index is 11.5. The molecule has 0 unspecified atom stereocenters. The number of ether oxygens (including phenoxy) is 1. The van der Waals surface area contributed by atoms with E-state index in [0.29, 0.717) is 11.5 Å². The Bertz CT molecular complexity index is 553. The number of aromatic nitrogens is 2. The van der Waals surface area contributed by atoms with Gasteiger partial charge in [0.25, 0.3) is 0 Å². The molecule has 1 aromatic heterocycles. The van der Waals surface area contributed by atoms with Gasteiger partial charge in [0.05, 0.1) is 18.1 Å². The summed E-state index contributed by atoms with van der Waals surface area (Å²) in [6.45, 7) is 3.77. The zero-order chi connectivity index (χ0) is 13.5. The van der Waals surface area contributed by atoms with Crippen LogP contribution in [0.3, 0.4) is 0 Å². The van der Waals surface area contributed by atoms with Crippen molar-refractivity contribution in [2.24, 2.45) is 0 Å². The highest BCUT2D eigenvalue weighted by Gasteiger charge is 2.04. The Morgan fingerprint density at radius 2 is 1.95 bits per heavy atom. The van der Waals surface area contributed by atoms with Crippen LogP contribution in [0.1, 0.15) is 11.4 Å². The Morgan fingerprint density at radius 3 is 2.58 bits per heavy atom. The molecular formula is C14H13N3O2. The van der Waals surface area contributed by atoms with E-state index in [4.69, 9.17) is 4.74 Å². The summed E-state index contributed by atoms with van der Waals surface area (Å²) < 4.78 is 5.06. The van der Waals surface area contributed by atoms with Crippen molar-refractivity contribution in [3.05, 3.63) is 60.7 Å². The highest BCUT2D eigenvalue weighted by molar-refractivity contribution is 5.84. The topological polar surface area (TPSA) is 64.1 Å². The van der Waals surface area contributed by atoms with Crippen molar-refractivity contribution < 1.29 is 9.53 Å². The number of carbonyl (C=O) groups is 1. The molecule has 0 aliphatic rings. The molecule has 96 valence electrons. The molecule has 1 amide bonds. The zero-order valence-corrected chi connectivity index (χ0v) is 10.2. The molecule has 1 N–H and O–H groups in total. The minimum Gasteiger partial charge on any atom is -0.444 e. The van der Waals surface area contributed by atoms with Crippen molar-refractivity contribution in [2.45, 2.75) is 6.61 Å². The summed E-state index contributed by atoms with van der Waals surface area (Å²) in [5.41, 5.74) is 1.40. The quantitative estimate of drug-likeness (QED) is 0.912. The van der Waals surface area contributed by atoms with Gasteiger partial charge in [-0.2, -0.15) is 0 Å². The fraction of sp³-hybridized carbons (Fsp3) is 0.0714. The highest BCUT2D eigenvalue weighted by Crippen LogP contribution is 2.06. The van der Waals surface area contributed by atoms with Crippen molar-refractivity contribution in [2.75, 3.05) is 5.32 Å². The Hall–Kier alpha value is -2.69. The molecule has 0 bridgehead atoms. The van der Waals surface area contributed by atoms with Crippen LogP contribution in [-0.4, -0.2) is 16.1 Å². The van der Waals surface area contributed by atoms with Gasteiger partial charge in [-0.25, -0.2) is 14.8 Å². The minimum absolute atomic E-state index is 0.221. The molecule has 0 atom stereocenters. The average Bonchev–Trinajstić information content (AvgIpc) is 2.47. The van der Waals surface area contributed by atoms with Gasteiger partial charge in [0.2, 0.25) is 0 Å². The monoisotopic (exact) mass is 255 g/mol. The van der Waals surface area contributed by atoms with Gasteiger partial charge in [-0.05, 0) is 11.6 Å². The Labute approximate surface area is 111 Å². The largest absolute Gasteiger partial charge is 0.444 e. The Morgan fingerprint density at radius 1 is 1.26 bits per heavy atom. The van der Waals surface area contributed by atoms with Gasteiger partial charge in [0.1, 0.15) is 6.61 Å². The summed E-state index contributed by atoms with van der Waals surface area (Å²) in [7, 11) is 0. The van der Waals surface area contributed by atoms with Gasteiger partial charge < -0.3 is 4.74 Å². The van der Waals surface area contributed by atoms with E-state index >= 15 is 0 Å². The van der Waals surface area contributed by atoms with Gasteiger partial charge in [-0.1, -0.05) is 36.9 Å². The molecule has 19 heavy (non-hydrogen) atoms. The number of carbonyl (C=O) groups excluding carboxylic acids is 1. The van der Waals surface area contributed by atoms with Crippen LogP contribution in [0.5, 0.6) is 0 Å². The van der Waals surface area contributed by atoms with Gasteiger partial charge in [-0.3, -0.25) is 5.32 Å². The number of benzene rings is 1. The summed E-state index contributed by atoms with van der Waals surface area (Å²) in [5, 5.41) is 2.54. The second kappa shape index (κ2) is 6.30. The van der Waals surface area contributed by atoms with Crippen molar-refractivity contribution in [3.8, 4) is 0 Å². The predicted molar refractivity (Wildman–Crippen MR) is 72.4 cm³/mol. The summed E-state index contributed by atoms with van der Waals surface area (Å²) in [5.74, 6) is 0.503. The van der Waals surface area contributed by atoms with Crippen LogP contribution in [0.4, 0.5) is 10.5 Å². The fourth-order valence-corrected chi connectivity index (χ4v) is 1.39. The van der Waals surface area contributed by atoms with Crippen molar-refractivity contribution in [1.82, 2.24) is 9.97 Å². The lowest BCUT2D eigenvalue weighted by molar-refractivity contribution is 0.155. The summed E-state index contributed by atoms with van der Waals surface area (Å²) in [6, 6.07) is 9.45. The van der Waals surface area contributed by atoms with Gasteiger partial charge in [-0.15, -0.1) is 0 Å². The van der Waals surface area contributed by atoms with Crippen molar-refractivity contribution in [1.29, 1.82) is 0 Å². The molecule has 1 heterocycles. The first-order valence-electron chi connectivity index (χ1n) is 5.70. The number of nitrogens with one attached hydrogen (secondary N) is 1. The molecule has 0 saturated carbocycles. The van der Waals surface area contributed by atoms with E-state index in [9.17, 15) is 4.79 Å². The lowest BCUT2D eigenvalue weighted by Gasteiger charge is -2.06. The molecule has 2 rings (SSSR count). The molecule has 0 fully saturated rings. The third-order valence-corrected chi connectivity index (χ3v) is 2.31. The van der Waals surface area contributed by atoms with E-state index in [1.54, 1.807) is 0 Å². The van der Waals surface area contributed by atoms with Gasteiger partial charge in [0.15, 0.2) is 5.82 Å². The smallest absolute Gasteiger partial charge is 0.412 e. The van der Waals surface area contributed by atoms with Crippen LogP contribution < -0.4 is 5.32 Å². The van der Waals surface area contributed by atoms with Crippen molar-refractivity contribution >= 4 is 17.9 Å². The van der Waals surface area contributed by atoms with Crippen molar-refractivity contribution in [3.63, 3.8) is 0 Å². The van der Waals surface area contributed by atoms with Crippen LogP contribution >= 0.6 is 0 Å². The first-order chi connectivity index (χ1) is 9.28. The summed E-state index contributed by atoms with van der Waals surface area (Å²) in [6.07, 6.45) is 3.97. The first kappa shape index (κ1) is 12.8. The highest BCUT2D eigenvalue weighted by atomic mass is 16.5. The van der Waals surface area contributed by atoms with E-state index in [0.717, 1.165) is 5.56 Å². The second-order valence-corrected chi connectivity index (χ2v) is 3.72. The molecule has 2 aromatic rings. The maximum Gasteiger partial charge on any atom is 0.412 e. The fourth-order valence-electron chi connectivity index (χ4n) is 1.39. The summed E-state index contributed by atoms with van der Waals surface area (Å²) >= 11 is 0. The summed E-state index contributed by atoms with van der Waals surface area (Å²) in [4.78, 5) is 19.5. The van der Waals surface area contributed by atoms with E-state index in [1.807, 2.05) is 30.3 Å². The van der Waals surface area contributed by atoms with Crippen LogP contribution in [0.2, 0.25) is 0 Å². The number of hydrogen-bond acceptors (Lipinski definition) is 4. The van der Waals surface area contributed by atoms with E-state index in [-0.39, 0.29) is 6.61 Å². The van der Waals surface area contributed by atoms with E-state index in [2.05, 4.69) is 21.9 Å². The third-order valence-electron chi connectivity index (χ3n) is 2.31. The number of anilines is 1. The number of hydrogen-bond donors (Lipinski definition) is 1. The lowest BCUT2D eigenvalue weighted by Crippen LogP contribution is -2.14. The maximum atomic E-state index is 11.5. The molecule has 5 heteroatoms. The molecule has 0 aliphatic heterocycles. The molecule has 0 saturated heterocycles. The molecule has 5 nitrogen and oxygen atoms in total. The SMILES string of the molecule is C=Cc1ncc(NC(=O)OCc2ccccc2)cn1. The molecule has 0 radical (unpaired) electrons. The van der Waals surface area contributed by atoms with Gasteiger partial charge >= 0.3 is 6.09 Å². The number of nitrogens with zero attached hydrogens (tertiary/aromatic N) is 2. The van der Waals surface area contributed by atoms with Crippen LogP contribution in [0.25, 0.3) is 6.08 Å². The molecule has 0 aliphatic carbocycles. The predicted octanol–water partition coefficient (Wildman–Crippen LogP) is 2.87. The number of amides is 1. The normalized spacial score (nSPS) is 9.68. The minimum atomic E-state index is -0.543. The number of rotatable bonds is 4. The Kier molecular flexibility index (Phi) is 4.23. The van der Waals surface area contributed by atoms with Crippen LogP contribution in [0, 0.1) is 0 Å². The third kappa shape index (κ3) is 3.92. The van der Waals surface area contributed by atoms with E-state index in [1.165, 1.54) is 18.5 Å². The molecule has 1 aromatic carbocycles. The van der Waals surface area contributed by atoms with E-state index < -0.39 is 6.09 Å². The van der Waals surface area contributed by atoms with Gasteiger partial charge in [0, 0.05) is 0 Å². The first-order valence-corrected chi connectivity index (χ1v) is 5.70. The lowest BCUT2D eigenvalue weighted by atomic mass is 10.2. The zero-order valence-electron chi connectivity index (χ0n) is 10.2. The second-order valence-electron chi connectivity index (χ2n) is 3.72. The standard InChI is InChI=1S/C14H13N3O2/c1-2-13-15-8-12(9-16-13)17-14(18)19-10-11-6-4-3-5-7-11/h2-9H,1,10H2,(H,17,18). The molecule has 0 spiro atoms.